The van der Waals surface area contributed by atoms with Crippen LogP contribution in [0.4, 0.5) is 5.13 Å². The Labute approximate surface area is 173 Å². The van der Waals surface area contributed by atoms with Gasteiger partial charge in [-0.25, -0.2) is 0 Å². The number of nitrogens with zero attached hydrogens (tertiary/aromatic N) is 5. The minimum absolute atomic E-state index is 0.155. The molecule has 0 unspecified atom stereocenters. The fourth-order valence-corrected chi connectivity index (χ4v) is 3.94. The molecule has 0 bridgehead atoms. The van der Waals surface area contributed by atoms with Crippen molar-refractivity contribution in [1.82, 2.24) is 25.0 Å². The topological polar surface area (TPSA) is 85.6 Å². The molecule has 2 aromatic heterocycles. The number of carbonyl (C=O) groups excluding carboxylic acids is 1. The smallest absolute Gasteiger partial charge is 0.236 e. The van der Waals surface area contributed by atoms with Gasteiger partial charge < -0.3 is 0 Å². The Morgan fingerprint density at radius 1 is 1.30 bits per heavy atom. The maximum absolute atomic E-state index is 12.2. The monoisotopic (exact) mass is 464 g/mol. The molecule has 0 atom stereocenters. The third-order valence-electron chi connectivity index (χ3n) is 3.48. The molecule has 0 radical (unpaired) electrons. The van der Waals surface area contributed by atoms with Gasteiger partial charge in [0.05, 0.1) is 5.75 Å². The molecule has 7 nitrogen and oxygen atoms in total. The standard InChI is InChI=1S/C17H17BrN6OS2/c1-3-9-24-15(11-5-7-12(18)8-6-11)21-23-17(24)26-10-13(25)19-16-22-20-14(4-2)27-16/h3,5-8H,1,4,9-10H2,2H3,(H,19,22,25). The molecule has 3 aromatic rings. The molecule has 0 fully saturated rings. The Balaban J connectivity index is 1.69. The Morgan fingerprint density at radius 3 is 2.74 bits per heavy atom. The molecule has 3 rings (SSSR count). The van der Waals surface area contributed by atoms with E-state index in [-0.39, 0.29) is 11.7 Å². The first kappa shape index (κ1) is 19.7. The van der Waals surface area contributed by atoms with Crippen LogP contribution < -0.4 is 5.32 Å². The van der Waals surface area contributed by atoms with Crippen LogP contribution in [0.25, 0.3) is 11.4 Å². The summed E-state index contributed by atoms with van der Waals surface area (Å²) >= 11 is 6.14. The number of nitrogens with one attached hydrogen (secondary N) is 1. The van der Waals surface area contributed by atoms with Gasteiger partial charge in [0.15, 0.2) is 11.0 Å². The number of hydrogen-bond donors (Lipinski definition) is 1. The minimum Gasteiger partial charge on any atom is -0.300 e. The van der Waals surface area contributed by atoms with Crippen LogP contribution in [0, 0.1) is 0 Å². The molecule has 1 N–H and O–H groups in total. The van der Waals surface area contributed by atoms with E-state index >= 15 is 0 Å². The number of allylic oxidation sites excluding steroid dienone is 1. The number of aromatic nitrogens is 5. The third kappa shape index (κ3) is 5.02. The molecule has 2 heterocycles. The predicted molar refractivity (Wildman–Crippen MR) is 112 cm³/mol. The highest BCUT2D eigenvalue weighted by Crippen LogP contribution is 2.25. The lowest BCUT2D eigenvalue weighted by molar-refractivity contribution is -0.113. The summed E-state index contributed by atoms with van der Waals surface area (Å²) in [5.41, 5.74) is 0.949. The van der Waals surface area contributed by atoms with E-state index < -0.39 is 0 Å². The van der Waals surface area contributed by atoms with Gasteiger partial charge in [0.1, 0.15) is 5.01 Å². The Morgan fingerprint density at radius 2 is 2.07 bits per heavy atom. The van der Waals surface area contributed by atoms with Gasteiger partial charge in [-0.2, -0.15) is 0 Å². The van der Waals surface area contributed by atoms with Gasteiger partial charge in [-0.15, -0.1) is 27.0 Å². The first-order valence-corrected chi connectivity index (χ1v) is 10.7. The first-order chi connectivity index (χ1) is 13.1. The fourth-order valence-electron chi connectivity index (χ4n) is 2.23. The van der Waals surface area contributed by atoms with Crippen molar-refractivity contribution in [2.24, 2.45) is 0 Å². The van der Waals surface area contributed by atoms with Gasteiger partial charge >= 0.3 is 0 Å². The SMILES string of the molecule is C=CCn1c(SCC(=O)Nc2nnc(CC)s2)nnc1-c1ccc(Br)cc1. The average molecular weight is 465 g/mol. The van der Waals surface area contributed by atoms with Crippen molar-refractivity contribution in [2.75, 3.05) is 11.1 Å². The number of benzene rings is 1. The zero-order valence-corrected chi connectivity index (χ0v) is 17.8. The van der Waals surface area contributed by atoms with E-state index in [1.807, 2.05) is 35.8 Å². The maximum Gasteiger partial charge on any atom is 0.236 e. The molecule has 27 heavy (non-hydrogen) atoms. The maximum atomic E-state index is 12.2. The molecule has 0 saturated heterocycles. The summed E-state index contributed by atoms with van der Waals surface area (Å²) in [5.74, 6) is 0.788. The zero-order chi connectivity index (χ0) is 19.2. The zero-order valence-electron chi connectivity index (χ0n) is 14.6. The molecule has 0 saturated carbocycles. The van der Waals surface area contributed by atoms with Crippen LogP contribution in [-0.4, -0.2) is 36.6 Å². The van der Waals surface area contributed by atoms with E-state index in [1.54, 1.807) is 6.08 Å². The number of carbonyl (C=O) groups is 1. The van der Waals surface area contributed by atoms with Gasteiger partial charge in [0, 0.05) is 16.6 Å². The second-order valence-electron chi connectivity index (χ2n) is 5.40. The summed E-state index contributed by atoms with van der Waals surface area (Å²) in [7, 11) is 0. The van der Waals surface area contributed by atoms with E-state index in [1.165, 1.54) is 23.1 Å². The Kier molecular flexibility index (Phi) is 6.75. The number of halogens is 1. The second-order valence-corrected chi connectivity index (χ2v) is 8.32. The largest absolute Gasteiger partial charge is 0.300 e. The van der Waals surface area contributed by atoms with Crippen LogP contribution in [0.2, 0.25) is 0 Å². The second kappa shape index (κ2) is 9.25. The van der Waals surface area contributed by atoms with Crippen LogP contribution in [0.15, 0.2) is 46.5 Å². The molecular weight excluding hydrogens is 448 g/mol. The van der Waals surface area contributed by atoms with Crippen molar-refractivity contribution >= 4 is 50.1 Å². The molecular formula is C17H17BrN6OS2. The van der Waals surface area contributed by atoms with E-state index in [9.17, 15) is 4.79 Å². The fraction of sp³-hybridized carbons (Fsp3) is 0.235. The van der Waals surface area contributed by atoms with Crippen molar-refractivity contribution in [1.29, 1.82) is 0 Å². The average Bonchev–Trinajstić information content (AvgIpc) is 3.28. The summed E-state index contributed by atoms with van der Waals surface area (Å²) in [4.78, 5) is 12.2. The van der Waals surface area contributed by atoms with Gasteiger partial charge in [0.2, 0.25) is 11.0 Å². The van der Waals surface area contributed by atoms with Crippen LogP contribution in [-0.2, 0) is 17.8 Å². The van der Waals surface area contributed by atoms with E-state index in [0.29, 0.717) is 16.8 Å². The van der Waals surface area contributed by atoms with Crippen molar-refractivity contribution < 1.29 is 4.79 Å². The summed E-state index contributed by atoms with van der Waals surface area (Å²) < 4.78 is 2.93. The van der Waals surface area contributed by atoms with Crippen LogP contribution in [0.5, 0.6) is 0 Å². The molecule has 0 aliphatic carbocycles. The normalized spacial score (nSPS) is 10.7. The first-order valence-electron chi connectivity index (χ1n) is 8.15. The van der Waals surface area contributed by atoms with Gasteiger partial charge in [-0.3, -0.25) is 14.7 Å². The number of hydrogen-bond acceptors (Lipinski definition) is 7. The summed E-state index contributed by atoms with van der Waals surface area (Å²) in [5, 5.41) is 21.3. The highest BCUT2D eigenvalue weighted by atomic mass is 79.9. The lowest BCUT2D eigenvalue weighted by Gasteiger charge is -2.07. The predicted octanol–water partition coefficient (Wildman–Crippen LogP) is 4.04. The molecule has 10 heteroatoms. The van der Waals surface area contributed by atoms with E-state index in [0.717, 1.165) is 27.3 Å². The van der Waals surface area contributed by atoms with Crippen LogP contribution >= 0.6 is 39.0 Å². The molecule has 0 aliphatic heterocycles. The summed E-state index contributed by atoms with van der Waals surface area (Å²) in [6.45, 7) is 6.35. The lowest BCUT2D eigenvalue weighted by atomic mass is 10.2. The molecule has 0 spiro atoms. The summed E-state index contributed by atoms with van der Waals surface area (Å²) in [6.07, 6.45) is 2.58. The van der Waals surface area contributed by atoms with Crippen molar-refractivity contribution in [3.63, 3.8) is 0 Å². The van der Waals surface area contributed by atoms with Gasteiger partial charge in [-0.1, -0.05) is 64.2 Å². The quantitative estimate of drug-likeness (QED) is 0.399. The van der Waals surface area contributed by atoms with Crippen LogP contribution in [0.1, 0.15) is 11.9 Å². The molecule has 0 aliphatic rings. The highest BCUT2D eigenvalue weighted by Gasteiger charge is 2.15. The van der Waals surface area contributed by atoms with Crippen molar-refractivity contribution in [3.05, 3.63) is 46.4 Å². The number of rotatable bonds is 8. The van der Waals surface area contributed by atoms with Gasteiger partial charge in [0.25, 0.3) is 0 Å². The number of thioether (sulfide) groups is 1. The number of anilines is 1. The Hall–Kier alpha value is -2.04. The Bertz CT molecular complexity index is 937. The lowest BCUT2D eigenvalue weighted by Crippen LogP contribution is -2.14. The number of aryl methyl sites for hydroxylation is 1. The molecule has 140 valence electrons. The highest BCUT2D eigenvalue weighted by molar-refractivity contribution is 9.10. The van der Waals surface area contributed by atoms with E-state index in [4.69, 9.17) is 0 Å². The third-order valence-corrected chi connectivity index (χ3v) is 5.96. The van der Waals surface area contributed by atoms with Crippen molar-refractivity contribution in [3.8, 4) is 11.4 Å². The number of amides is 1. The minimum atomic E-state index is -0.155. The van der Waals surface area contributed by atoms with E-state index in [2.05, 4.69) is 48.2 Å². The van der Waals surface area contributed by atoms with Gasteiger partial charge in [-0.05, 0) is 18.6 Å². The molecule has 1 amide bonds. The summed E-state index contributed by atoms with van der Waals surface area (Å²) in [6, 6.07) is 7.84. The van der Waals surface area contributed by atoms with Crippen LogP contribution in [0.3, 0.4) is 0 Å². The van der Waals surface area contributed by atoms with Crippen molar-refractivity contribution in [2.45, 2.75) is 25.0 Å². The molecule has 1 aromatic carbocycles.